The van der Waals surface area contributed by atoms with E-state index in [1.54, 1.807) is 7.11 Å². The lowest BCUT2D eigenvalue weighted by Crippen LogP contribution is -1.93. The number of methoxy groups -OCH3 is 1. The molecule has 0 fully saturated rings. The van der Waals surface area contributed by atoms with Gasteiger partial charge in [0.05, 0.1) is 13.0 Å². The smallest absolute Gasteiger partial charge is 0.139 e. The lowest BCUT2D eigenvalue weighted by Gasteiger charge is -1.98. The van der Waals surface area contributed by atoms with Gasteiger partial charge >= 0.3 is 0 Å². The highest BCUT2D eigenvalue weighted by Gasteiger charge is 1.98. The molecule has 1 rings (SSSR count). The fraction of sp³-hybridized carbons (Fsp3) is 0.143. The van der Waals surface area contributed by atoms with Crippen LogP contribution in [-0.2, 0) is 24.1 Å². The second-order valence-corrected chi connectivity index (χ2v) is 5.87. The largest absolute Gasteiger partial charge is 0.497 e. The Bertz CT molecular complexity index is 258. The van der Waals surface area contributed by atoms with Crippen molar-refractivity contribution in [3.05, 3.63) is 24.3 Å². The van der Waals surface area contributed by atoms with Crippen LogP contribution >= 0.6 is 5.90 Å². The minimum Gasteiger partial charge on any atom is -0.497 e. The number of benzene rings is 1. The van der Waals surface area contributed by atoms with E-state index in [2.05, 4.69) is 0 Å². The number of rotatable bonds is 2. The molecule has 0 radical (unpaired) electrons. The zero-order chi connectivity index (χ0) is 8.27. The first-order valence-electron chi connectivity index (χ1n) is 3.02. The first-order chi connectivity index (χ1) is 5.24. The highest BCUT2D eigenvalue weighted by molar-refractivity contribution is 8.49. The van der Waals surface area contributed by atoms with E-state index in [-0.39, 0.29) is 0 Å². The number of ether oxygens (including phenoxy) is 1. The van der Waals surface area contributed by atoms with Crippen molar-refractivity contribution in [1.82, 2.24) is 0 Å². The van der Waals surface area contributed by atoms with Crippen LogP contribution in [0.3, 0.4) is 0 Å². The van der Waals surface area contributed by atoms with Crippen LogP contribution in [0.4, 0.5) is 0 Å². The monoisotopic (exact) mass is 202 g/mol. The lowest BCUT2D eigenvalue weighted by molar-refractivity contribution is 0.415. The van der Waals surface area contributed by atoms with E-state index in [0.29, 0.717) is 0 Å². The number of hydrogen-bond acceptors (Lipinski definition) is 3. The lowest BCUT2D eigenvalue weighted by atomic mass is 10.3. The summed E-state index contributed by atoms with van der Waals surface area (Å²) in [6, 6.07) is 7.60. The van der Waals surface area contributed by atoms with E-state index in [4.69, 9.17) is 28.8 Å². The van der Waals surface area contributed by atoms with Crippen molar-refractivity contribution in [3.63, 3.8) is 0 Å². The molecule has 11 heavy (non-hydrogen) atoms. The van der Waals surface area contributed by atoms with Crippen LogP contribution in [0.1, 0.15) is 0 Å². The summed E-state index contributed by atoms with van der Waals surface area (Å²) in [5, 5.41) is 1.05. The molecular formula is C7H7OPS2. The van der Waals surface area contributed by atoms with Crippen molar-refractivity contribution in [3.8, 4) is 5.75 Å². The topological polar surface area (TPSA) is 9.23 Å². The summed E-state index contributed by atoms with van der Waals surface area (Å²) < 4.78 is 4.99. The van der Waals surface area contributed by atoms with Crippen LogP contribution in [-0.4, -0.2) is 7.11 Å². The van der Waals surface area contributed by atoms with E-state index < -0.39 is 5.90 Å². The molecule has 0 amide bonds. The molecule has 0 saturated heterocycles. The first-order valence-corrected chi connectivity index (χ1v) is 6.39. The molecule has 0 aliphatic heterocycles. The molecule has 1 atom stereocenters. The molecule has 0 spiro atoms. The Balaban J connectivity index is 2.91. The van der Waals surface area contributed by atoms with Gasteiger partial charge in [0, 0.05) is 0 Å². The predicted molar refractivity (Wildman–Crippen MR) is 54.3 cm³/mol. The van der Waals surface area contributed by atoms with Crippen molar-refractivity contribution in [2.24, 2.45) is 0 Å². The van der Waals surface area contributed by atoms with Gasteiger partial charge in [-0.15, -0.1) is 0 Å². The fourth-order valence-corrected chi connectivity index (χ4v) is 1.83. The molecule has 0 bridgehead atoms. The molecule has 1 aromatic carbocycles. The predicted octanol–water partition coefficient (Wildman–Crippen LogP) is 1.73. The van der Waals surface area contributed by atoms with Crippen molar-refractivity contribution in [2.45, 2.75) is 0 Å². The normalized spacial score (nSPS) is 10.9. The third-order valence-electron chi connectivity index (χ3n) is 1.28. The maximum Gasteiger partial charge on any atom is 0.139 e. The maximum atomic E-state index is 4.99. The summed E-state index contributed by atoms with van der Waals surface area (Å²) in [4.78, 5) is 0. The number of hydrogen-bond donors (Lipinski definition) is 0. The molecule has 58 valence electrons. The van der Waals surface area contributed by atoms with Gasteiger partial charge in [0.2, 0.25) is 0 Å². The van der Waals surface area contributed by atoms with Gasteiger partial charge < -0.3 is 17.0 Å². The minimum absolute atomic E-state index is 0.802. The Labute approximate surface area is 77.3 Å². The third-order valence-corrected chi connectivity index (χ3v) is 3.27. The van der Waals surface area contributed by atoms with Gasteiger partial charge in [0.1, 0.15) is 22.9 Å². The molecule has 0 heterocycles. The standard InChI is InChI=1S/C7H7OPS2/c1-8-6-2-4-7(5-3-6)9(10)11/h2-5H,1H3. The van der Waals surface area contributed by atoms with E-state index in [9.17, 15) is 0 Å². The van der Waals surface area contributed by atoms with Crippen LogP contribution in [0.15, 0.2) is 24.3 Å². The Hall–Kier alpha value is -0.110. The Morgan fingerprint density at radius 1 is 1.36 bits per heavy atom. The minimum atomic E-state index is -0.802. The summed E-state index contributed by atoms with van der Waals surface area (Å²) in [5.41, 5.74) is 0. The third kappa shape index (κ3) is 2.44. The van der Waals surface area contributed by atoms with Gasteiger partial charge in [-0.1, -0.05) is 0 Å². The molecule has 4 heteroatoms. The molecule has 0 aromatic heterocycles. The summed E-state index contributed by atoms with van der Waals surface area (Å²) in [7, 11) is 1.64. The maximum absolute atomic E-state index is 4.99. The van der Waals surface area contributed by atoms with E-state index >= 15 is 0 Å². The Morgan fingerprint density at radius 2 is 1.91 bits per heavy atom. The summed E-state index contributed by atoms with van der Waals surface area (Å²) in [6.07, 6.45) is 0. The van der Waals surface area contributed by atoms with Crippen LogP contribution in [0, 0.1) is 0 Å². The highest BCUT2D eigenvalue weighted by atomic mass is 32.9. The van der Waals surface area contributed by atoms with Crippen molar-refractivity contribution in [2.75, 3.05) is 7.11 Å². The molecular weight excluding hydrogens is 195 g/mol. The van der Waals surface area contributed by atoms with Crippen LogP contribution in [0.25, 0.3) is 0 Å². The molecule has 0 N–H and O–H groups in total. The zero-order valence-corrected chi connectivity index (χ0v) is 8.51. The zero-order valence-electron chi connectivity index (χ0n) is 5.98. The Morgan fingerprint density at radius 3 is 2.27 bits per heavy atom. The van der Waals surface area contributed by atoms with Gasteiger partial charge in [-0.2, -0.15) is 0 Å². The second kappa shape index (κ2) is 4.05. The quantitative estimate of drug-likeness (QED) is 0.534. The van der Waals surface area contributed by atoms with Gasteiger partial charge in [-0.3, -0.25) is 0 Å². The van der Waals surface area contributed by atoms with Gasteiger partial charge in [0.25, 0.3) is 0 Å². The molecule has 1 aromatic rings. The van der Waals surface area contributed by atoms with Gasteiger partial charge in [-0.05, 0) is 24.3 Å². The fourth-order valence-electron chi connectivity index (χ4n) is 0.704. The summed E-state index contributed by atoms with van der Waals surface area (Å²) >= 11 is 9.93. The van der Waals surface area contributed by atoms with Crippen molar-refractivity contribution >= 4 is 35.3 Å². The average molecular weight is 202 g/mol. The molecule has 0 saturated carbocycles. The first kappa shape index (κ1) is 8.98. The highest BCUT2D eigenvalue weighted by Crippen LogP contribution is 2.17. The molecule has 1 nitrogen and oxygen atoms in total. The van der Waals surface area contributed by atoms with Crippen LogP contribution in [0.2, 0.25) is 0 Å². The second-order valence-electron chi connectivity index (χ2n) is 1.96. The van der Waals surface area contributed by atoms with Crippen LogP contribution in [0.5, 0.6) is 5.75 Å². The average Bonchev–Trinajstić information content (AvgIpc) is 2.05. The Kier molecular flexibility index (Phi) is 3.31. The summed E-state index contributed by atoms with van der Waals surface area (Å²) in [6.45, 7) is 0. The molecule has 1 unspecified atom stereocenters. The van der Waals surface area contributed by atoms with Crippen molar-refractivity contribution in [1.29, 1.82) is 0 Å². The van der Waals surface area contributed by atoms with E-state index in [0.717, 1.165) is 11.1 Å². The molecule has 0 aliphatic carbocycles. The van der Waals surface area contributed by atoms with Gasteiger partial charge in [-0.25, -0.2) is 0 Å². The van der Waals surface area contributed by atoms with Crippen LogP contribution < -0.4 is 10.0 Å². The van der Waals surface area contributed by atoms with E-state index in [1.807, 2.05) is 24.3 Å². The molecule has 0 aliphatic rings. The summed E-state index contributed by atoms with van der Waals surface area (Å²) in [5.74, 6) is 0.0413. The van der Waals surface area contributed by atoms with Crippen molar-refractivity contribution < 1.29 is 4.74 Å². The SMILES string of the molecule is COc1ccc([P+](=S)[S-])cc1. The van der Waals surface area contributed by atoms with Gasteiger partial charge in [0.15, 0.2) is 0 Å². The van der Waals surface area contributed by atoms with E-state index in [1.165, 1.54) is 0 Å².